The number of rotatable bonds is 4. The van der Waals surface area contributed by atoms with Gasteiger partial charge >= 0.3 is 0 Å². The molecule has 2 nitrogen and oxygen atoms in total. The van der Waals surface area contributed by atoms with Crippen LogP contribution in [-0.4, -0.2) is 11.6 Å². The maximum Gasteiger partial charge on any atom is 0.134 e. The molecular formula is C24H18F3NO. The molecule has 0 fully saturated rings. The molecule has 0 saturated heterocycles. The van der Waals surface area contributed by atoms with E-state index in [1.165, 1.54) is 36.4 Å². The van der Waals surface area contributed by atoms with Crippen LogP contribution >= 0.6 is 0 Å². The van der Waals surface area contributed by atoms with Crippen molar-refractivity contribution in [2.45, 2.75) is 13.8 Å². The van der Waals surface area contributed by atoms with E-state index in [1.807, 2.05) is 13.8 Å². The predicted octanol–water partition coefficient (Wildman–Crippen LogP) is 6.69. The molecule has 0 N–H and O–H groups in total. The average Bonchev–Trinajstić information content (AvgIpc) is 2.69. The Bertz CT molecular complexity index is 1220. The molecule has 0 aliphatic rings. The Hall–Kier alpha value is -3.34. The molecule has 0 aliphatic heterocycles. The lowest BCUT2D eigenvalue weighted by Gasteiger charge is -2.11. The number of aromatic nitrogens is 1. The highest BCUT2D eigenvalue weighted by atomic mass is 19.1. The highest BCUT2D eigenvalue weighted by Crippen LogP contribution is 2.32. The fraction of sp³-hybridized carbons (Fsp3) is 0.125. The number of benzene rings is 3. The van der Waals surface area contributed by atoms with Gasteiger partial charge in [-0.05, 0) is 61.9 Å². The Morgan fingerprint density at radius 3 is 2.24 bits per heavy atom. The van der Waals surface area contributed by atoms with E-state index in [9.17, 15) is 13.2 Å². The molecular weight excluding hydrogens is 375 g/mol. The molecule has 5 heteroatoms. The summed E-state index contributed by atoms with van der Waals surface area (Å²) in [5.41, 5.74) is 2.92. The number of pyridine rings is 1. The second-order valence-corrected chi connectivity index (χ2v) is 6.76. The van der Waals surface area contributed by atoms with Crippen LogP contribution in [0.25, 0.3) is 33.3 Å². The van der Waals surface area contributed by atoms with E-state index in [1.54, 1.807) is 24.3 Å². The standard InChI is InChI=1S/C24H18F3NO/c1-3-29-17-6-8-19(22(27)13-17)18-7-4-15(11-21(18)26)24-10-14(2)20-12-16(25)5-9-23(20)28-24/h4-13H,3H2,1-2H3. The summed E-state index contributed by atoms with van der Waals surface area (Å²) in [4.78, 5) is 4.52. The minimum Gasteiger partial charge on any atom is -0.494 e. The summed E-state index contributed by atoms with van der Waals surface area (Å²) >= 11 is 0. The van der Waals surface area contributed by atoms with E-state index in [4.69, 9.17) is 4.74 Å². The lowest BCUT2D eigenvalue weighted by Crippen LogP contribution is -1.95. The van der Waals surface area contributed by atoms with Crippen LogP contribution < -0.4 is 4.74 Å². The van der Waals surface area contributed by atoms with E-state index in [2.05, 4.69) is 4.98 Å². The summed E-state index contributed by atoms with van der Waals surface area (Å²) in [6, 6.07) is 15.1. The normalized spacial score (nSPS) is 11.1. The molecule has 4 aromatic rings. The molecule has 1 aromatic heterocycles. The van der Waals surface area contributed by atoms with Gasteiger partial charge in [-0.1, -0.05) is 12.1 Å². The number of nitrogens with zero attached hydrogens (tertiary/aromatic N) is 1. The van der Waals surface area contributed by atoms with Crippen LogP contribution in [0.3, 0.4) is 0 Å². The Labute approximate surface area is 166 Å². The summed E-state index contributed by atoms with van der Waals surface area (Å²) in [6.45, 7) is 4.09. The van der Waals surface area contributed by atoms with Crippen molar-refractivity contribution >= 4 is 10.9 Å². The van der Waals surface area contributed by atoms with Crippen LogP contribution in [0.2, 0.25) is 0 Å². The van der Waals surface area contributed by atoms with E-state index >= 15 is 0 Å². The van der Waals surface area contributed by atoms with Gasteiger partial charge in [0.05, 0.1) is 17.8 Å². The maximum atomic E-state index is 14.8. The monoisotopic (exact) mass is 393 g/mol. The third-order valence-electron chi connectivity index (χ3n) is 4.78. The molecule has 0 saturated carbocycles. The van der Waals surface area contributed by atoms with Crippen molar-refractivity contribution in [3.63, 3.8) is 0 Å². The summed E-state index contributed by atoms with van der Waals surface area (Å²) < 4.78 is 48.0. The second-order valence-electron chi connectivity index (χ2n) is 6.76. The summed E-state index contributed by atoms with van der Waals surface area (Å²) in [5.74, 6) is -1.03. The van der Waals surface area contributed by atoms with Crippen molar-refractivity contribution in [2.75, 3.05) is 6.61 Å². The Morgan fingerprint density at radius 1 is 0.828 bits per heavy atom. The fourth-order valence-electron chi connectivity index (χ4n) is 3.38. The summed E-state index contributed by atoms with van der Waals surface area (Å²) in [5, 5.41) is 0.710. The van der Waals surface area contributed by atoms with Crippen molar-refractivity contribution in [3.8, 4) is 28.1 Å². The van der Waals surface area contributed by atoms with Gasteiger partial charge < -0.3 is 4.74 Å². The zero-order chi connectivity index (χ0) is 20.5. The summed E-state index contributed by atoms with van der Waals surface area (Å²) in [7, 11) is 0. The number of halogens is 3. The molecule has 3 aromatic carbocycles. The number of hydrogen-bond donors (Lipinski definition) is 0. The fourth-order valence-corrected chi connectivity index (χ4v) is 3.38. The summed E-state index contributed by atoms with van der Waals surface area (Å²) in [6.07, 6.45) is 0. The number of aryl methyl sites for hydroxylation is 1. The first-order valence-electron chi connectivity index (χ1n) is 9.26. The average molecular weight is 393 g/mol. The molecule has 4 rings (SSSR count). The smallest absolute Gasteiger partial charge is 0.134 e. The van der Waals surface area contributed by atoms with E-state index in [0.29, 0.717) is 34.5 Å². The van der Waals surface area contributed by atoms with Crippen molar-refractivity contribution < 1.29 is 17.9 Å². The Morgan fingerprint density at radius 2 is 1.55 bits per heavy atom. The molecule has 146 valence electrons. The maximum absolute atomic E-state index is 14.8. The van der Waals surface area contributed by atoms with Crippen LogP contribution in [0.5, 0.6) is 5.75 Å². The largest absolute Gasteiger partial charge is 0.494 e. The lowest BCUT2D eigenvalue weighted by atomic mass is 10.00. The third kappa shape index (κ3) is 3.68. The minimum absolute atomic E-state index is 0.161. The molecule has 0 unspecified atom stereocenters. The number of fused-ring (bicyclic) bond motifs is 1. The van der Waals surface area contributed by atoms with Gasteiger partial charge in [-0.25, -0.2) is 18.2 Å². The lowest BCUT2D eigenvalue weighted by molar-refractivity contribution is 0.338. The number of ether oxygens (including phenoxy) is 1. The topological polar surface area (TPSA) is 22.1 Å². The van der Waals surface area contributed by atoms with Gasteiger partial charge in [-0.2, -0.15) is 0 Å². The SMILES string of the molecule is CCOc1ccc(-c2ccc(-c3cc(C)c4cc(F)ccc4n3)cc2F)c(F)c1. The minimum atomic E-state index is -0.552. The van der Waals surface area contributed by atoms with Crippen LogP contribution in [-0.2, 0) is 0 Å². The van der Waals surface area contributed by atoms with Gasteiger partial charge in [-0.3, -0.25) is 0 Å². The van der Waals surface area contributed by atoms with Gasteiger partial charge in [0.25, 0.3) is 0 Å². The van der Waals surface area contributed by atoms with Gasteiger partial charge in [0, 0.05) is 28.1 Å². The van der Waals surface area contributed by atoms with Gasteiger partial charge in [-0.15, -0.1) is 0 Å². The zero-order valence-corrected chi connectivity index (χ0v) is 16.0. The first-order valence-corrected chi connectivity index (χ1v) is 9.26. The van der Waals surface area contributed by atoms with Crippen molar-refractivity contribution in [2.24, 2.45) is 0 Å². The van der Waals surface area contributed by atoms with Crippen molar-refractivity contribution in [3.05, 3.63) is 83.7 Å². The van der Waals surface area contributed by atoms with Crippen LogP contribution in [0.15, 0.2) is 60.7 Å². The Kier molecular flexibility index (Phi) is 4.97. The highest BCUT2D eigenvalue weighted by molar-refractivity contribution is 5.85. The quantitative estimate of drug-likeness (QED) is 0.385. The molecule has 0 bridgehead atoms. The van der Waals surface area contributed by atoms with E-state index in [-0.39, 0.29) is 16.9 Å². The highest BCUT2D eigenvalue weighted by Gasteiger charge is 2.14. The third-order valence-corrected chi connectivity index (χ3v) is 4.78. The first kappa shape index (κ1) is 19.0. The van der Waals surface area contributed by atoms with Gasteiger partial charge in [0.15, 0.2) is 0 Å². The second kappa shape index (κ2) is 7.59. The van der Waals surface area contributed by atoms with Crippen LogP contribution in [0.4, 0.5) is 13.2 Å². The van der Waals surface area contributed by atoms with Gasteiger partial charge in [0.2, 0.25) is 0 Å². The first-order chi connectivity index (χ1) is 14.0. The molecule has 1 heterocycles. The van der Waals surface area contributed by atoms with Crippen molar-refractivity contribution in [1.82, 2.24) is 4.98 Å². The van der Waals surface area contributed by atoms with E-state index in [0.717, 1.165) is 5.56 Å². The predicted molar refractivity (Wildman–Crippen MR) is 108 cm³/mol. The van der Waals surface area contributed by atoms with Crippen LogP contribution in [0.1, 0.15) is 12.5 Å². The molecule has 0 aliphatic carbocycles. The van der Waals surface area contributed by atoms with E-state index < -0.39 is 11.6 Å². The molecule has 29 heavy (non-hydrogen) atoms. The zero-order valence-electron chi connectivity index (χ0n) is 16.0. The molecule has 0 spiro atoms. The van der Waals surface area contributed by atoms with Gasteiger partial charge in [0.1, 0.15) is 23.2 Å². The van der Waals surface area contributed by atoms with Crippen LogP contribution in [0, 0.1) is 24.4 Å². The Balaban J connectivity index is 1.74. The molecule has 0 radical (unpaired) electrons. The molecule has 0 atom stereocenters. The molecule has 0 amide bonds. The number of hydrogen-bond acceptors (Lipinski definition) is 2. The van der Waals surface area contributed by atoms with Crippen molar-refractivity contribution in [1.29, 1.82) is 0 Å².